The quantitative estimate of drug-likeness (QED) is 0.481. The highest BCUT2D eigenvalue weighted by molar-refractivity contribution is 5.93. The fraction of sp³-hybridized carbons (Fsp3) is 0.429. The summed E-state index contributed by atoms with van der Waals surface area (Å²) in [5.74, 6) is 5.25. The van der Waals surface area contributed by atoms with Crippen LogP contribution in [0.5, 0.6) is 5.75 Å². The standard InChI is InChI=1S/C14H19N3O3/c15-16-14(19)11-4-6-12(7-5-11)20-10-13(18)17-8-2-1-3-9-17/h4-7H,1-3,8-10,15H2,(H,16,19). The molecule has 3 N–H and O–H groups in total. The van der Waals surface area contributed by atoms with Crippen LogP contribution in [0.25, 0.3) is 0 Å². The summed E-state index contributed by atoms with van der Waals surface area (Å²) in [5, 5.41) is 0. The first-order valence-corrected chi connectivity index (χ1v) is 6.72. The maximum absolute atomic E-state index is 11.9. The molecule has 0 aromatic heterocycles. The topological polar surface area (TPSA) is 84.7 Å². The van der Waals surface area contributed by atoms with Gasteiger partial charge in [0.1, 0.15) is 5.75 Å². The molecule has 0 spiro atoms. The van der Waals surface area contributed by atoms with Crippen molar-refractivity contribution in [2.45, 2.75) is 19.3 Å². The average molecular weight is 277 g/mol. The second-order valence-electron chi connectivity index (χ2n) is 4.73. The highest BCUT2D eigenvalue weighted by Crippen LogP contribution is 2.13. The summed E-state index contributed by atoms with van der Waals surface area (Å²) in [5.41, 5.74) is 2.50. The molecule has 1 aromatic carbocycles. The molecule has 6 heteroatoms. The van der Waals surface area contributed by atoms with Crippen molar-refractivity contribution >= 4 is 11.8 Å². The second-order valence-corrected chi connectivity index (χ2v) is 4.73. The van der Waals surface area contributed by atoms with E-state index in [1.54, 1.807) is 24.3 Å². The Bertz CT molecular complexity index is 467. The van der Waals surface area contributed by atoms with E-state index >= 15 is 0 Å². The number of hydrazine groups is 1. The number of nitrogens with two attached hydrogens (primary N) is 1. The summed E-state index contributed by atoms with van der Waals surface area (Å²) in [4.78, 5) is 25.0. The van der Waals surface area contributed by atoms with E-state index < -0.39 is 0 Å². The number of rotatable bonds is 4. The highest BCUT2D eigenvalue weighted by atomic mass is 16.5. The van der Waals surface area contributed by atoms with Gasteiger partial charge in [0, 0.05) is 18.7 Å². The van der Waals surface area contributed by atoms with Gasteiger partial charge in [-0.3, -0.25) is 15.0 Å². The van der Waals surface area contributed by atoms with E-state index in [1.807, 2.05) is 4.90 Å². The summed E-state index contributed by atoms with van der Waals surface area (Å²) < 4.78 is 5.44. The molecule has 1 aliphatic rings. The number of nitrogen functional groups attached to an aromatic ring is 1. The predicted octanol–water partition coefficient (Wildman–Crippen LogP) is 0.681. The molecule has 0 atom stereocenters. The van der Waals surface area contributed by atoms with E-state index in [0.717, 1.165) is 25.9 Å². The molecule has 1 heterocycles. The molecule has 0 aliphatic carbocycles. The van der Waals surface area contributed by atoms with Gasteiger partial charge >= 0.3 is 0 Å². The maximum atomic E-state index is 11.9. The number of carbonyl (C=O) groups is 2. The van der Waals surface area contributed by atoms with Crippen LogP contribution >= 0.6 is 0 Å². The fourth-order valence-corrected chi connectivity index (χ4v) is 2.17. The van der Waals surface area contributed by atoms with Crippen LogP contribution in [0.4, 0.5) is 0 Å². The SMILES string of the molecule is NNC(=O)c1ccc(OCC(=O)N2CCCCC2)cc1. The van der Waals surface area contributed by atoms with Gasteiger partial charge < -0.3 is 9.64 Å². The van der Waals surface area contributed by atoms with E-state index in [4.69, 9.17) is 10.6 Å². The molecule has 0 saturated carbocycles. The molecule has 0 unspecified atom stereocenters. The lowest BCUT2D eigenvalue weighted by atomic mass is 10.1. The molecule has 1 saturated heterocycles. The third-order valence-corrected chi connectivity index (χ3v) is 3.32. The van der Waals surface area contributed by atoms with Crippen molar-refractivity contribution in [2.24, 2.45) is 5.84 Å². The third kappa shape index (κ3) is 3.71. The number of amides is 2. The van der Waals surface area contributed by atoms with Gasteiger partial charge in [0.25, 0.3) is 11.8 Å². The summed E-state index contributed by atoms with van der Waals surface area (Å²) in [7, 11) is 0. The Morgan fingerprint density at radius 3 is 2.40 bits per heavy atom. The molecule has 0 bridgehead atoms. The lowest BCUT2D eigenvalue weighted by Crippen LogP contribution is -2.38. The van der Waals surface area contributed by atoms with Crippen molar-refractivity contribution in [2.75, 3.05) is 19.7 Å². The summed E-state index contributed by atoms with van der Waals surface area (Å²) in [6, 6.07) is 6.49. The van der Waals surface area contributed by atoms with E-state index in [0.29, 0.717) is 11.3 Å². The first-order chi connectivity index (χ1) is 9.70. The molecule has 108 valence electrons. The van der Waals surface area contributed by atoms with Gasteiger partial charge in [0.05, 0.1) is 0 Å². The van der Waals surface area contributed by atoms with E-state index in [9.17, 15) is 9.59 Å². The first kappa shape index (κ1) is 14.3. The van der Waals surface area contributed by atoms with Gasteiger partial charge in [-0.25, -0.2) is 5.84 Å². The molecule has 2 rings (SSSR count). The van der Waals surface area contributed by atoms with Crippen molar-refractivity contribution in [3.05, 3.63) is 29.8 Å². The second kappa shape index (κ2) is 6.91. The highest BCUT2D eigenvalue weighted by Gasteiger charge is 2.16. The van der Waals surface area contributed by atoms with E-state index in [2.05, 4.69) is 5.43 Å². The Balaban J connectivity index is 1.84. The number of carbonyl (C=O) groups excluding carboxylic acids is 2. The molecular formula is C14H19N3O3. The number of piperidine rings is 1. The first-order valence-electron chi connectivity index (χ1n) is 6.72. The van der Waals surface area contributed by atoms with Gasteiger partial charge in [-0.1, -0.05) is 0 Å². The van der Waals surface area contributed by atoms with Crippen LogP contribution in [0.2, 0.25) is 0 Å². The third-order valence-electron chi connectivity index (χ3n) is 3.32. The molecule has 20 heavy (non-hydrogen) atoms. The van der Waals surface area contributed by atoms with E-state index in [1.165, 1.54) is 6.42 Å². The largest absolute Gasteiger partial charge is 0.484 e. The van der Waals surface area contributed by atoms with Crippen molar-refractivity contribution in [1.29, 1.82) is 0 Å². The lowest BCUT2D eigenvalue weighted by Gasteiger charge is -2.26. The van der Waals surface area contributed by atoms with Gasteiger partial charge in [-0.05, 0) is 43.5 Å². The number of ether oxygens (including phenoxy) is 1. The Morgan fingerprint density at radius 2 is 1.80 bits per heavy atom. The Morgan fingerprint density at radius 1 is 1.15 bits per heavy atom. The Kier molecular flexibility index (Phi) is 4.95. The Hall–Kier alpha value is -2.08. The number of hydrogen-bond donors (Lipinski definition) is 2. The van der Waals surface area contributed by atoms with Crippen molar-refractivity contribution < 1.29 is 14.3 Å². The number of benzene rings is 1. The Labute approximate surface area is 117 Å². The molecular weight excluding hydrogens is 258 g/mol. The van der Waals surface area contributed by atoms with Crippen LogP contribution in [0.3, 0.4) is 0 Å². The van der Waals surface area contributed by atoms with Crippen molar-refractivity contribution in [1.82, 2.24) is 10.3 Å². The summed E-state index contributed by atoms with van der Waals surface area (Å²) in [6.45, 7) is 1.66. The zero-order valence-corrected chi connectivity index (χ0v) is 11.3. The molecule has 6 nitrogen and oxygen atoms in total. The number of nitrogens with one attached hydrogen (secondary N) is 1. The van der Waals surface area contributed by atoms with Crippen LogP contribution in [0, 0.1) is 0 Å². The summed E-state index contributed by atoms with van der Waals surface area (Å²) in [6.07, 6.45) is 3.32. The fourth-order valence-electron chi connectivity index (χ4n) is 2.17. The molecule has 2 amide bonds. The zero-order chi connectivity index (χ0) is 14.4. The van der Waals surface area contributed by atoms with Crippen molar-refractivity contribution in [3.63, 3.8) is 0 Å². The molecule has 1 aliphatic heterocycles. The van der Waals surface area contributed by atoms with Crippen LogP contribution in [-0.2, 0) is 4.79 Å². The molecule has 1 aromatic rings. The molecule has 0 radical (unpaired) electrons. The lowest BCUT2D eigenvalue weighted by molar-refractivity contribution is -0.134. The summed E-state index contributed by atoms with van der Waals surface area (Å²) >= 11 is 0. The smallest absolute Gasteiger partial charge is 0.265 e. The van der Waals surface area contributed by atoms with Gasteiger partial charge in [-0.15, -0.1) is 0 Å². The van der Waals surface area contributed by atoms with Crippen LogP contribution in [0.15, 0.2) is 24.3 Å². The monoisotopic (exact) mass is 277 g/mol. The minimum absolute atomic E-state index is 0.00785. The van der Waals surface area contributed by atoms with Gasteiger partial charge in [-0.2, -0.15) is 0 Å². The number of nitrogens with zero attached hydrogens (tertiary/aromatic N) is 1. The minimum Gasteiger partial charge on any atom is -0.484 e. The van der Waals surface area contributed by atoms with Gasteiger partial charge in [0.15, 0.2) is 6.61 Å². The van der Waals surface area contributed by atoms with Gasteiger partial charge in [0.2, 0.25) is 0 Å². The number of likely N-dealkylation sites (tertiary alicyclic amines) is 1. The van der Waals surface area contributed by atoms with Crippen molar-refractivity contribution in [3.8, 4) is 5.75 Å². The normalized spacial score (nSPS) is 14.8. The predicted molar refractivity (Wildman–Crippen MR) is 74.0 cm³/mol. The maximum Gasteiger partial charge on any atom is 0.265 e. The van der Waals surface area contributed by atoms with Crippen LogP contribution in [0.1, 0.15) is 29.6 Å². The average Bonchev–Trinajstić information content (AvgIpc) is 2.53. The number of hydrogen-bond acceptors (Lipinski definition) is 4. The zero-order valence-electron chi connectivity index (χ0n) is 11.3. The minimum atomic E-state index is -0.360. The molecule has 1 fully saturated rings. The van der Waals surface area contributed by atoms with E-state index in [-0.39, 0.29) is 18.4 Å². The van der Waals surface area contributed by atoms with Crippen LogP contribution in [-0.4, -0.2) is 36.4 Å². The van der Waals surface area contributed by atoms with Crippen LogP contribution < -0.4 is 16.0 Å².